The van der Waals surface area contributed by atoms with Gasteiger partial charge in [-0.25, -0.2) is 0 Å². The largest absolute Gasteiger partial charge is 0.496 e. The Morgan fingerprint density at radius 1 is 1.35 bits per heavy atom. The molecule has 4 nitrogen and oxygen atoms in total. The zero-order valence-electron chi connectivity index (χ0n) is 11.8. The van der Waals surface area contributed by atoms with Crippen molar-refractivity contribution in [2.45, 2.75) is 44.2 Å². The summed E-state index contributed by atoms with van der Waals surface area (Å²) in [4.78, 5) is 12.3. The number of methoxy groups -OCH3 is 1. The molecule has 108 valence electrons. The molecule has 0 radical (unpaired) electrons. The molecule has 1 aromatic carbocycles. The molecule has 0 aliphatic heterocycles. The van der Waals surface area contributed by atoms with Gasteiger partial charge in [-0.2, -0.15) is 0 Å². The Labute approximate surface area is 119 Å². The molecule has 1 aromatic rings. The van der Waals surface area contributed by atoms with Crippen molar-refractivity contribution in [1.29, 1.82) is 0 Å². The minimum Gasteiger partial charge on any atom is -0.496 e. The molecule has 1 saturated carbocycles. The van der Waals surface area contributed by atoms with Crippen molar-refractivity contribution in [2.24, 2.45) is 5.92 Å². The molecular weight excluding hydrogens is 254 g/mol. The van der Waals surface area contributed by atoms with Gasteiger partial charge in [0.05, 0.1) is 25.2 Å². The number of rotatable bonds is 3. The Morgan fingerprint density at radius 3 is 2.90 bits per heavy atom. The lowest BCUT2D eigenvalue weighted by Crippen LogP contribution is -2.36. The minimum absolute atomic E-state index is 0.00401. The van der Waals surface area contributed by atoms with Gasteiger partial charge in [0.2, 0.25) is 5.91 Å². The fraction of sp³-hybridized carbons (Fsp3) is 0.562. The Balaban J connectivity index is 1.74. The van der Waals surface area contributed by atoms with Crippen molar-refractivity contribution in [3.8, 4) is 5.75 Å². The quantitative estimate of drug-likeness (QED) is 0.886. The lowest BCUT2D eigenvalue weighted by Gasteiger charge is -2.19. The van der Waals surface area contributed by atoms with Gasteiger partial charge in [0, 0.05) is 0 Å². The first-order valence-electron chi connectivity index (χ1n) is 7.35. The molecule has 3 rings (SSSR count). The number of carbonyl (C=O) groups excluding carboxylic acids is 1. The molecule has 2 aliphatic rings. The maximum absolute atomic E-state index is 12.3. The highest BCUT2D eigenvalue weighted by molar-refractivity contribution is 5.80. The van der Waals surface area contributed by atoms with E-state index in [2.05, 4.69) is 11.4 Å². The van der Waals surface area contributed by atoms with E-state index >= 15 is 0 Å². The maximum atomic E-state index is 12.3. The van der Waals surface area contributed by atoms with Crippen LogP contribution in [0.3, 0.4) is 0 Å². The van der Waals surface area contributed by atoms with Crippen molar-refractivity contribution >= 4 is 5.91 Å². The molecule has 0 saturated heterocycles. The van der Waals surface area contributed by atoms with Crippen LogP contribution in [-0.2, 0) is 11.2 Å². The molecule has 20 heavy (non-hydrogen) atoms. The summed E-state index contributed by atoms with van der Waals surface area (Å²) in [6, 6.07) is 6.04. The number of hydrogen-bond acceptors (Lipinski definition) is 3. The molecule has 0 heterocycles. The van der Waals surface area contributed by atoms with E-state index in [0.717, 1.165) is 43.4 Å². The van der Waals surface area contributed by atoms with Crippen molar-refractivity contribution in [2.75, 3.05) is 7.11 Å². The summed E-state index contributed by atoms with van der Waals surface area (Å²) in [6.45, 7) is 0. The highest BCUT2D eigenvalue weighted by Crippen LogP contribution is 2.37. The molecule has 2 aliphatic carbocycles. The van der Waals surface area contributed by atoms with E-state index < -0.39 is 6.10 Å². The smallest absolute Gasteiger partial charge is 0.226 e. The average molecular weight is 275 g/mol. The number of ether oxygens (including phenoxy) is 1. The Morgan fingerprint density at radius 2 is 2.20 bits per heavy atom. The molecule has 3 unspecified atom stereocenters. The van der Waals surface area contributed by atoms with Crippen LogP contribution in [0.1, 0.15) is 42.9 Å². The molecule has 0 aromatic heterocycles. The summed E-state index contributed by atoms with van der Waals surface area (Å²) in [7, 11) is 1.68. The Hall–Kier alpha value is -1.55. The zero-order chi connectivity index (χ0) is 14.1. The number of benzene rings is 1. The van der Waals surface area contributed by atoms with E-state index in [1.807, 2.05) is 12.1 Å². The van der Waals surface area contributed by atoms with Crippen LogP contribution in [0.15, 0.2) is 18.2 Å². The molecule has 0 spiro atoms. The molecule has 1 amide bonds. The van der Waals surface area contributed by atoms with E-state index in [1.165, 1.54) is 5.56 Å². The van der Waals surface area contributed by atoms with E-state index in [4.69, 9.17) is 4.74 Å². The predicted octanol–water partition coefficient (Wildman–Crippen LogP) is 1.96. The van der Waals surface area contributed by atoms with Crippen LogP contribution in [0.25, 0.3) is 0 Å². The highest BCUT2D eigenvalue weighted by atomic mass is 16.5. The molecule has 1 fully saturated rings. The molecule has 4 heteroatoms. The minimum atomic E-state index is -0.471. The third-order valence-electron chi connectivity index (χ3n) is 4.58. The molecule has 3 atom stereocenters. The van der Waals surface area contributed by atoms with Gasteiger partial charge in [-0.05, 0) is 49.3 Å². The van der Waals surface area contributed by atoms with Crippen LogP contribution < -0.4 is 10.1 Å². The van der Waals surface area contributed by atoms with E-state index in [1.54, 1.807) is 7.11 Å². The maximum Gasteiger partial charge on any atom is 0.226 e. The van der Waals surface area contributed by atoms with Crippen molar-refractivity contribution in [3.63, 3.8) is 0 Å². The van der Waals surface area contributed by atoms with Crippen LogP contribution in [0.4, 0.5) is 0 Å². The van der Waals surface area contributed by atoms with Gasteiger partial charge in [-0.1, -0.05) is 12.1 Å². The topological polar surface area (TPSA) is 58.6 Å². The van der Waals surface area contributed by atoms with Crippen LogP contribution in [-0.4, -0.2) is 24.2 Å². The number of amides is 1. The van der Waals surface area contributed by atoms with Gasteiger partial charge in [-0.15, -0.1) is 0 Å². The second-order valence-corrected chi connectivity index (χ2v) is 5.73. The van der Waals surface area contributed by atoms with Gasteiger partial charge < -0.3 is 15.2 Å². The van der Waals surface area contributed by atoms with Gasteiger partial charge in [0.1, 0.15) is 5.75 Å². The van der Waals surface area contributed by atoms with Crippen LogP contribution in [0, 0.1) is 5.92 Å². The number of aliphatic hydroxyl groups is 1. The molecule has 0 bridgehead atoms. The van der Waals surface area contributed by atoms with Crippen LogP contribution in [0.5, 0.6) is 5.75 Å². The summed E-state index contributed by atoms with van der Waals surface area (Å²) in [5, 5.41) is 12.9. The van der Waals surface area contributed by atoms with Gasteiger partial charge in [-0.3, -0.25) is 4.79 Å². The summed E-state index contributed by atoms with van der Waals surface area (Å²) < 4.78 is 5.37. The summed E-state index contributed by atoms with van der Waals surface area (Å²) >= 11 is 0. The summed E-state index contributed by atoms with van der Waals surface area (Å²) in [5.74, 6) is 0.667. The first kappa shape index (κ1) is 13.4. The second kappa shape index (κ2) is 5.44. The van der Waals surface area contributed by atoms with E-state index in [-0.39, 0.29) is 17.9 Å². The fourth-order valence-corrected chi connectivity index (χ4v) is 3.49. The van der Waals surface area contributed by atoms with Crippen molar-refractivity contribution < 1.29 is 14.6 Å². The SMILES string of the molecule is COc1cccc2c1CCC2NC(=O)C1CCCC1O. The van der Waals surface area contributed by atoms with E-state index in [9.17, 15) is 9.90 Å². The summed E-state index contributed by atoms with van der Waals surface area (Å²) in [6.07, 6.45) is 3.84. The van der Waals surface area contributed by atoms with Crippen molar-refractivity contribution in [3.05, 3.63) is 29.3 Å². The van der Waals surface area contributed by atoms with Gasteiger partial charge in [0.25, 0.3) is 0 Å². The first-order chi connectivity index (χ1) is 9.70. The zero-order valence-corrected chi connectivity index (χ0v) is 11.8. The van der Waals surface area contributed by atoms with Crippen molar-refractivity contribution in [1.82, 2.24) is 5.32 Å². The lowest BCUT2D eigenvalue weighted by atomic mass is 10.0. The highest BCUT2D eigenvalue weighted by Gasteiger charge is 2.34. The predicted molar refractivity (Wildman–Crippen MR) is 75.5 cm³/mol. The van der Waals surface area contributed by atoms with Gasteiger partial charge in [0.15, 0.2) is 0 Å². The average Bonchev–Trinajstić information content (AvgIpc) is 3.05. The Bertz CT molecular complexity index is 514. The summed E-state index contributed by atoms with van der Waals surface area (Å²) in [5.41, 5.74) is 2.36. The fourth-order valence-electron chi connectivity index (χ4n) is 3.49. The van der Waals surface area contributed by atoms with Crippen LogP contribution >= 0.6 is 0 Å². The number of aliphatic hydroxyl groups excluding tert-OH is 1. The number of nitrogens with one attached hydrogen (secondary N) is 1. The number of hydrogen-bond donors (Lipinski definition) is 2. The van der Waals surface area contributed by atoms with E-state index in [0.29, 0.717) is 0 Å². The third kappa shape index (κ3) is 2.29. The van der Waals surface area contributed by atoms with Crippen LogP contribution in [0.2, 0.25) is 0 Å². The molecule has 2 N–H and O–H groups in total. The number of fused-ring (bicyclic) bond motifs is 1. The monoisotopic (exact) mass is 275 g/mol. The molecular formula is C16H21NO3. The lowest BCUT2D eigenvalue weighted by molar-refractivity contribution is -0.128. The standard InChI is InChI=1S/C16H21NO3/c1-20-15-7-3-4-10-11(15)8-9-13(10)17-16(19)12-5-2-6-14(12)18/h3-4,7,12-14,18H,2,5-6,8-9H2,1H3,(H,17,19). The second-order valence-electron chi connectivity index (χ2n) is 5.73. The number of carbonyl (C=O) groups is 1. The van der Waals surface area contributed by atoms with Gasteiger partial charge >= 0.3 is 0 Å². The third-order valence-corrected chi connectivity index (χ3v) is 4.58. The Kier molecular flexibility index (Phi) is 3.66. The first-order valence-corrected chi connectivity index (χ1v) is 7.35. The normalized spacial score (nSPS) is 28.2.